The van der Waals surface area contributed by atoms with Crippen molar-refractivity contribution in [2.75, 3.05) is 47.4 Å². The van der Waals surface area contributed by atoms with Gasteiger partial charge in [0.25, 0.3) is 7.37 Å². The van der Waals surface area contributed by atoms with Crippen LogP contribution in [0.25, 0.3) is 0 Å². The molecule has 27 heavy (non-hydrogen) atoms. The second-order valence-electron chi connectivity index (χ2n) is 6.02. The molecule has 148 valence electrons. The highest BCUT2D eigenvalue weighted by atomic mass is 31.2. The van der Waals surface area contributed by atoms with Gasteiger partial charge in [-0.2, -0.15) is 0 Å². The molecule has 0 amide bonds. The Morgan fingerprint density at radius 2 is 1.44 bits per heavy atom. The molecule has 0 saturated heterocycles. The van der Waals surface area contributed by atoms with Crippen LogP contribution in [0.15, 0.2) is 36.4 Å². The summed E-state index contributed by atoms with van der Waals surface area (Å²) >= 11 is 0. The van der Waals surface area contributed by atoms with E-state index in [1.807, 2.05) is 31.1 Å². The first-order valence-corrected chi connectivity index (χ1v) is 9.93. The van der Waals surface area contributed by atoms with Gasteiger partial charge in [0.1, 0.15) is 0 Å². The van der Waals surface area contributed by atoms with Gasteiger partial charge in [-0.1, -0.05) is 0 Å². The van der Waals surface area contributed by atoms with Crippen LogP contribution in [-0.4, -0.2) is 47.6 Å². The molecule has 2 aromatic carbocycles. The maximum atomic E-state index is 13.5. The summed E-state index contributed by atoms with van der Waals surface area (Å²) < 4.78 is 34.8. The summed E-state index contributed by atoms with van der Waals surface area (Å²) in [5, 5.41) is 11.3. The number of methoxy groups -OCH3 is 3. The Labute approximate surface area is 159 Å². The van der Waals surface area contributed by atoms with Crippen LogP contribution in [0.4, 0.5) is 5.69 Å². The van der Waals surface area contributed by atoms with Gasteiger partial charge in [-0.3, -0.25) is 4.57 Å². The summed E-state index contributed by atoms with van der Waals surface area (Å²) in [7, 11) is 5.97. The lowest BCUT2D eigenvalue weighted by atomic mass is 10.2. The van der Waals surface area contributed by atoms with Gasteiger partial charge in [0.2, 0.25) is 5.75 Å². The minimum Gasteiger partial charge on any atom is -0.493 e. The van der Waals surface area contributed by atoms with Crippen LogP contribution in [0.2, 0.25) is 0 Å². The molecule has 0 fully saturated rings. The summed E-state index contributed by atoms with van der Waals surface area (Å²) in [6.07, 6.45) is 0. The summed E-state index contributed by atoms with van der Waals surface area (Å²) in [4.78, 5) is 1.93. The average Bonchev–Trinajstić information content (AvgIpc) is 2.71. The van der Waals surface area contributed by atoms with Crippen molar-refractivity contribution in [1.82, 2.24) is 0 Å². The lowest BCUT2D eigenvalue weighted by molar-refractivity contribution is 0.227. The van der Waals surface area contributed by atoms with Gasteiger partial charge in [-0.05, 0) is 42.0 Å². The van der Waals surface area contributed by atoms with Crippen molar-refractivity contribution in [3.63, 3.8) is 0 Å². The fourth-order valence-corrected chi connectivity index (χ4v) is 4.55. The van der Waals surface area contributed by atoms with Gasteiger partial charge < -0.3 is 28.7 Å². The number of anilines is 1. The van der Waals surface area contributed by atoms with Crippen molar-refractivity contribution in [3.8, 4) is 17.2 Å². The number of aliphatic hydroxyl groups is 1. The Kier molecular flexibility index (Phi) is 6.76. The minimum atomic E-state index is -3.61. The molecule has 0 unspecified atom stereocenters. The smallest absolute Gasteiger partial charge is 0.263 e. The van der Waals surface area contributed by atoms with E-state index in [2.05, 4.69) is 0 Å². The van der Waals surface area contributed by atoms with Crippen LogP contribution in [0.3, 0.4) is 0 Å². The predicted octanol–water partition coefficient (Wildman–Crippen LogP) is 3.02. The van der Waals surface area contributed by atoms with Gasteiger partial charge in [0.05, 0.1) is 21.3 Å². The second-order valence-corrected chi connectivity index (χ2v) is 8.59. The first-order valence-electron chi connectivity index (χ1n) is 8.23. The zero-order valence-corrected chi connectivity index (χ0v) is 17.3. The van der Waals surface area contributed by atoms with Crippen molar-refractivity contribution in [2.24, 2.45) is 0 Å². The van der Waals surface area contributed by atoms with Gasteiger partial charge >= 0.3 is 0 Å². The van der Waals surface area contributed by atoms with Crippen molar-refractivity contribution in [1.29, 1.82) is 0 Å². The van der Waals surface area contributed by atoms with E-state index in [4.69, 9.17) is 18.7 Å². The first kappa shape index (κ1) is 21.1. The SMILES string of the molecule is COc1cc([C@@H](O)[P@@](=O)(OC)c2ccc(N(C)C)cc2)cc(OC)c1OC. The molecule has 0 aliphatic carbocycles. The summed E-state index contributed by atoms with van der Waals surface area (Å²) in [5.74, 6) is -0.298. The molecule has 0 radical (unpaired) electrons. The molecule has 2 rings (SSSR count). The topological polar surface area (TPSA) is 77.5 Å². The van der Waals surface area contributed by atoms with E-state index in [0.29, 0.717) is 28.1 Å². The lowest BCUT2D eigenvalue weighted by Gasteiger charge is -2.24. The maximum absolute atomic E-state index is 13.5. The van der Waals surface area contributed by atoms with Crippen molar-refractivity contribution >= 4 is 18.4 Å². The molecular weight excluding hydrogens is 369 g/mol. The van der Waals surface area contributed by atoms with Crippen LogP contribution in [0, 0.1) is 0 Å². The molecule has 0 spiro atoms. The van der Waals surface area contributed by atoms with E-state index in [-0.39, 0.29) is 0 Å². The zero-order valence-electron chi connectivity index (χ0n) is 16.4. The van der Waals surface area contributed by atoms with E-state index >= 15 is 0 Å². The normalized spacial score (nSPS) is 14.2. The molecule has 2 atom stereocenters. The largest absolute Gasteiger partial charge is 0.493 e. The Morgan fingerprint density at radius 3 is 1.81 bits per heavy atom. The molecule has 1 N–H and O–H groups in total. The monoisotopic (exact) mass is 395 g/mol. The Balaban J connectivity index is 2.52. The van der Waals surface area contributed by atoms with Gasteiger partial charge in [0, 0.05) is 32.2 Å². The van der Waals surface area contributed by atoms with Crippen molar-refractivity contribution < 1.29 is 28.4 Å². The van der Waals surface area contributed by atoms with Crippen LogP contribution in [0.5, 0.6) is 17.2 Å². The highest BCUT2D eigenvalue weighted by molar-refractivity contribution is 7.67. The van der Waals surface area contributed by atoms with Crippen LogP contribution < -0.4 is 24.4 Å². The first-order chi connectivity index (χ1) is 12.8. The van der Waals surface area contributed by atoms with Gasteiger partial charge in [-0.25, -0.2) is 0 Å². The third-order valence-corrected chi connectivity index (χ3v) is 6.81. The molecule has 2 aromatic rings. The molecule has 0 aliphatic rings. The van der Waals surface area contributed by atoms with E-state index in [1.54, 1.807) is 24.3 Å². The maximum Gasteiger partial charge on any atom is 0.263 e. The Morgan fingerprint density at radius 1 is 0.926 bits per heavy atom. The molecule has 0 saturated carbocycles. The summed E-state index contributed by atoms with van der Waals surface area (Å²) in [5.41, 5.74) is 1.29. The van der Waals surface area contributed by atoms with E-state index < -0.39 is 13.2 Å². The number of nitrogens with zero attached hydrogens (tertiary/aromatic N) is 1. The van der Waals surface area contributed by atoms with Crippen LogP contribution in [0.1, 0.15) is 11.4 Å². The molecule has 8 heteroatoms. The fourth-order valence-electron chi connectivity index (χ4n) is 2.75. The summed E-state index contributed by atoms with van der Waals surface area (Å²) in [6, 6.07) is 10.2. The van der Waals surface area contributed by atoms with Gasteiger partial charge in [-0.15, -0.1) is 0 Å². The number of hydrogen-bond acceptors (Lipinski definition) is 7. The van der Waals surface area contributed by atoms with Crippen LogP contribution >= 0.6 is 7.37 Å². The number of hydrogen-bond donors (Lipinski definition) is 1. The Bertz CT molecular complexity index is 796. The standard InChI is InChI=1S/C19H26NO6P/c1-20(2)14-7-9-15(10-8-14)27(22,26-6)19(21)13-11-16(23-3)18(25-5)17(12-13)24-4/h7-12,19,21H,1-6H3/t19-,27-/m0/s1. The molecule has 0 bridgehead atoms. The van der Waals surface area contributed by atoms with Crippen molar-refractivity contribution in [2.45, 2.75) is 5.85 Å². The highest BCUT2D eigenvalue weighted by Gasteiger charge is 2.36. The predicted molar refractivity (Wildman–Crippen MR) is 106 cm³/mol. The molecular formula is C19H26NO6P. The number of aliphatic hydroxyl groups excluding tert-OH is 1. The highest BCUT2D eigenvalue weighted by Crippen LogP contribution is 2.58. The van der Waals surface area contributed by atoms with E-state index in [0.717, 1.165) is 5.69 Å². The summed E-state index contributed by atoms with van der Waals surface area (Å²) in [6.45, 7) is 0. The molecule has 0 aromatic heterocycles. The quantitative estimate of drug-likeness (QED) is 0.689. The van der Waals surface area contributed by atoms with Crippen LogP contribution in [-0.2, 0) is 9.09 Å². The third-order valence-electron chi connectivity index (χ3n) is 4.30. The van der Waals surface area contributed by atoms with E-state index in [9.17, 15) is 9.67 Å². The molecule has 7 nitrogen and oxygen atoms in total. The minimum absolute atomic E-state index is 0.339. The Hall–Kier alpha value is -2.21. The number of rotatable bonds is 8. The lowest BCUT2D eigenvalue weighted by Crippen LogP contribution is -2.15. The number of benzene rings is 2. The van der Waals surface area contributed by atoms with Gasteiger partial charge in [0.15, 0.2) is 17.3 Å². The molecule has 0 heterocycles. The van der Waals surface area contributed by atoms with Crippen molar-refractivity contribution in [3.05, 3.63) is 42.0 Å². The third kappa shape index (κ3) is 4.05. The fraction of sp³-hybridized carbons (Fsp3) is 0.368. The average molecular weight is 395 g/mol. The number of ether oxygens (including phenoxy) is 3. The second kappa shape index (κ2) is 8.65. The zero-order chi connectivity index (χ0) is 20.2. The molecule has 0 aliphatic heterocycles. The van der Waals surface area contributed by atoms with E-state index in [1.165, 1.54) is 28.4 Å².